The fraction of sp³-hybridized carbons (Fsp3) is 0.632. The molecule has 1 amide bonds. The van der Waals surface area contributed by atoms with Crippen LogP contribution in [-0.4, -0.2) is 41.9 Å². The third-order valence-corrected chi connectivity index (χ3v) is 5.07. The largest absolute Gasteiger partial charge is 0.444 e. The minimum Gasteiger partial charge on any atom is -0.444 e. The van der Waals surface area contributed by atoms with Crippen LogP contribution in [0.2, 0.25) is 0 Å². The summed E-state index contributed by atoms with van der Waals surface area (Å²) in [6.07, 6.45) is -6.77. The number of hydrogen-bond donors (Lipinski definition) is 1. The summed E-state index contributed by atoms with van der Waals surface area (Å²) in [4.78, 5) is 13.4. The van der Waals surface area contributed by atoms with Gasteiger partial charge in [-0.05, 0) is 46.2 Å². The topological polar surface area (TPSA) is 41.6 Å². The van der Waals surface area contributed by atoms with Crippen LogP contribution in [0.3, 0.4) is 0 Å². The second kappa shape index (κ2) is 8.65. The second-order valence-corrected chi connectivity index (χ2v) is 9.05. The van der Waals surface area contributed by atoms with Crippen LogP contribution in [0.1, 0.15) is 39.7 Å². The summed E-state index contributed by atoms with van der Waals surface area (Å²) in [5, 5.41) is 2.62. The second-order valence-electron chi connectivity index (χ2n) is 8.14. The maximum Gasteiger partial charge on any atom is 0.421 e. The average molecular weight is 487 g/mol. The van der Waals surface area contributed by atoms with Gasteiger partial charge in [0, 0.05) is 23.0 Å². The number of ether oxygens (including phenoxy) is 1. The molecule has 0 bridgehead atoms. The summed E-state index contributed by atoms with van der Waals surface area (Å²) in [6.45, 7) is 6.64. The quantitative estimate of drug-likeness (QED) is 0.532. The van der Waals surface area contributed by atoms with Gasteiger partial charge in [-0.15, -0.1) is 0 Å². The van der Waals surface area contributed by atoms with E-state index in [0.29, 0.717) is 0 Å². The van der Waals surface area contributed by atoms with E-state index >= 15 is 0 Å². The summed E-state index contributed by atoms with van der Waals surface area (Å²) >= 11 is 2.98. The van der Waals surface area contributed by atoms with Crippen LogP contribution in [0.4, 0.5) is 32.4 Å². The highest BCUT2D eigenvalue weighted by molar-refractivity contribution is 9.10. The molecule has 0 aromatic heterocycles. The van der Waals surface area contributed by atoms with E-state index in [2.05, 4.69) is 21.2 Å². The van der Waals surface area contributed by atoms with Crippen molar-refractivity contribution >= 4 is 27.7 Å². The maximum atomic E-state index is 14.7. The number of halogens is 6. The Morgan fingerprint density at radius 1 is 1.31 bits per heavy atom. The van der Waals surface area contributed by atoms with Crippen LogP contribution in [0.25, 0.3) is 0 Å². The molecule has 4 nitrogen and oxygen atoms in total. The third-order valence-electron chi connectivity index (χ3n) is 4.61. The van der Waals surface area contributed by atoms with Crippen LogP contribution in [0.5, 0.6) is 0 Å². The smallest absolute Gasteiger partial charge is 0.421 e. The number of likely N-dealkylation sites (tertiary alicyclic amines) is 1. The lowest BCUT2D eigenvalue weighted by molar-refractivity contribution is -0.139. The fourth-order valence-electron chi connectivity index (χ4n) is 3.31. The molecule has 2 rings (SSSR count). The van der Waals surface area contributed by atoms with E-state index in [1.165, 1.54) is 4.90 Å². The molecule has 0 radical (unpaired) electrons. The SMILES string of the molecule is CC(Nc1cc(Br)cc(F)c1C(F)(F)F)[C@H]1CCN(C(=O)OC(C)(C)C)C[C@H]1F. The van der Waals surface area contributed by atoms with Crippen molar-refractivity contribution in [1.82, 2.24) is 4.90 Å². The van der Waals surface area contributed by atoms with E-state index in [1.807, 2.05) is 0 Å². The number of anilines is 1. The Bertz CT molecular complexity index is 751. The van der Waals surface area contributed by atoms with Crippen molar-refractivity contribution < 1.29 is 31.5 Å². The molecular formula is C19H24BrF5N2O2. The Morgan fingerprint density at radius 3 is 2.45 bits per heavy atom. The van der Waals surface area contributed by atoms with Gasteiger partial charge in [0.1, 0.15) is 23.2 Å². The number of rotatable bonds is 3. The molecule has 1 fully saturated rings. The lowest BCUT2D eigenvalue weighted by Gasteiger charge is -2.38. The van der Waals surface area contributed by atoms with Gasteiger partial charge in [0.2, 0.25) is 0 Å². The summed E-state index contributed by atoms with van der Waals surface area (Å²) in [6, 6.07) is 1.13. The first-order valence-electron chi connectivity index (χ1n) is 9.14. The number of alkyl halides is 4. The van der Waals surface area contributed by atoms with E-state index in [0.717, 1.165) is 12.1 Å². The molecule has 0 spiro atoms. The molecule has 1 unspecified atom stereocenters. The molecule has 1 N–H and O–H groups in total. The van der Waals surface area contributed by atoms with Gasteiger partial charge >= 0.3 is 12.3 Å². The van der Waals surface area contributed by atoms with Crippen molar-refractivity contribution in [3.05, 3.63) is 28.0 Å². The normalized spacial score (nSPS) is 21.7. The molecule has 10 heteroatoms. The highest BCUT2D eigenvalue weighted by Gasteiger charge is 2.40. The standard InChI is InChI=1S/C19H24BrF5N2O2/c1-10(26-15-8-11(20)7-13(21)16(15)19(23,24)25)12-5-6-27(9-14(12)22)17(28)29-18(2,3)4/h7-8,10,12,14,26H,5-6,9H2,1-4H3/t10?,12-,14-/m1/s1. The summed E-state index contributed by atoms with van der Waals surface area (Å²) in [5.41, 5.74) is -2.60. The first-order valence-corrected chi connectivity index (χ1v) is 9.93. The molecule has 164 valence electrons. The van der Waals surface area contributed by atoms with E-state index in [4.69, 9.17) is 4.74 Å². The summed E-state index contributed by atoms with van der Waals surface area (Å²) in [5.74, 6) is -2.07. The minimum atomic E-state index is -4.90. The van der Waals surface area contributed by atoms with E-state index < -0.39 is 53.1 Å². The van der Waals surface area contributed by atoms with E-state index in [9.17, 15) is 26.7 Å². The lowest BCUT2D eigenvalue weighted by atomic mass is 9.88. The van der Waals surface area contributed by atoms with Crippen LogP contribution in [0, 0.1) is 11.7 Å². The zero-order chi connectivity index (χ0) is 22.1. The molecule has 1 aliphatic rings. The third kappa shape index (κ3) is 6.20. The van der Waals surface area contributed by atoms with E-state index in [1.54, 1.807) is 27.7 Å². The highest BCUT2D eigenvalue weighted by atomic mass is 79.9. The number of nitrogens with one attached hydrogen (secondary N) is 1. The van der Waals surface area contributed by atoms with Crippen molar-refractivity contribution in [2.45, 2.75) is 58.1 Å². The van der Waals surface area contributed by atoms with Gasteiger partial charge in [0.15, 0.2) is 0 Å². The number of nitrogens with zero attached hydrogens (tertiary/aromatic N) is 1. The molecule has 1 heterocycles. The summed E-state index contributed by atoms with van der Waals surface area (Å²) < 4.78 is 73.8. The molecule has 1 aliphatic heterocycles. The monoisotopic (exact) mass is 486 g/mol. The average Bonchev–Trinajstić information content (AvgIpc) is 2.50. The van der Waals surface area contributed by atoms with Gasteiger partial charge < -0.3 is 15.0 Å². The van der Waals surface area contributed by atoms with Gasteiger partial charge in [-0.1, -0.05) is 15.9 Å². The number of piperidine rings is 1. The predicted octanol–water partition coefficient (Wildman–Crippen LogP) is 6.00. The lowest BCUT2D eigenvalue weighted by Crippen LogP contribution is -2.50. The number of benzene rings is 1. The molecule has 1 aromatic carbocycles. The van der Waals surface area contributed by atoms with Gasteiger partial charge in [-0.25, -0.2) is 13.6 Å². The zero-order valence-corrected chi connectivity index (χ0v) is 18.1. The van der Waals surface area contributed by atoms with Gasteiger partial charge in [0.05, 0.1) is 12.2 Å². The van der Waals surface area contributed by atoms with Crippen LogP contribution in [-0.2, 0) is 10.9 Å². The van der Waals surface area contributed by atoms with Crippen molar-refractivity contribution in [3.8, 4) is 0 Å². The Kier molecular flexibility index (Phi) is 7.07. The van der Waals surface area contributed by atoms with Crippen molar-refractivity contribution in [3.63, 3.8) is 0 Å². The van der Waals surface area contributed by atoms with Crippen LogP contribution >= 0.6 is 15.9 Å². The number of hydrogen-bond acceptors (Lipinski definition) is 3. The van der Waals surface area contributed by atoms with Crippen molar-refractivity contribution in [1.29, 1.82) is 0 Å². The Labute approximate surface area is 174 Å². The van der Waals surface area contributed by atoms with Crippen molar-refractivity contribution in [2.24, 2.45) is 5.92 Å². The van der Waals surface area contributed by atoms with E-state index in [-0.39, 0.29) is 24.0 Å². The first-order chi connectivity index (χ1) is 13.2. The zero-order valence-electron chi connectivity index (χ0n) is 16.5. The number of carbonyl (C=O) groups is 1. The molecular weight excluding hydrogens is 463 g/mol. The Hall–Kier alpha value is -1.58. The predicted molar refractivity (Wildman–Crippen MR) is 103 cm³/mol. The number of carbonyl (C=O) groups excluding carboxylic acids is 1. The van der Waals surface area contributed by atoms with Gasteiger partial charge in [-0.2, -0.15) is 13.2 Å². The number of amides is 1. The fourth-order valence-corrected chi connectivity index (χ4v) is 3.74. The summed E-state index contributed by atoms with van der Waals surface area (Å²) in [7, 11) is 0. The molecule has 0 aliphatic carbocycles. The molecule has 1 saturated heterocycles. The molecule has 0 saturated carbocycles. The van der Waals surface area contributed by atoms with Gasteiger partial charge in [0.25, 0.3) is 0 Å². The van der Waals surface area contributed by atoms with Crippen LogP contribution in [0.15, 0.2) is 16.6 Å². The molecule has 29 heavy (non-hydrogen) atoms. The molecule has 1 aromatic rings. The van der Waals surface area contributed by atoms with Crippen molar-refractivity contribution in [2.75, 3.05) is 18.4 Å². The van der Waals surface area contributed by atoms with Gasteiger partial charge in [-0.3, -0.25) is 0 Å². The maximum absolute atomic E-state index is 14.7. The Balaban J connectivity index is 2.12. The van der Waals surface area contributed by atoms with Crippen LogP contribution < -0.4 is 5.32 Å². The highest BCUT2D eigenvalue weighted by Crippen LogP contribution is 2.39. The first kappa shape index (κ1) is 23.7. The minimum absolute atomic E-state index is 0.134. The molecule has 3 atom stereocenters. The Morgan fingerprint density at radius 2 is 1.93 bits per heavy atom.